The van der Waals surface area contributed by atoms with Crippen LogP contribution >= 0.6 is 0 Å². The number of fused-ring (bicyclic) bond motifs is 1. The monoisotopic (exact) mass is 208 g/mol. The Labute approximate surface area is 84.6 Å². The number of hydrogen-bond acceptors (Lipinski definition) is 4. The standard InChI is InChI=1S/C9H8N2O4/c10-4-1-5(9(13)14)8-6(2-4)11-7(12)3-15-8/h1-2H,3,10H2,(H,11,12)(H,13,14). The Morgan fingerprint density at radius 1 is 1.53 bits per heavy atom. The van der Waals surface area contributed by atoms with E-state index in [-0.39, 0.29) is 29.5 Å². The van der Waals surface area contributed by atoms with Crippen molar-refractivity contribution in [2.45, 2.75) is 0 Å². The highest BCUT2D eigenvalue weighted by molar-refractivity contribution is 6.01. The summed E-state index contributed by atoms with van der Waals surface area (Å²) in [6.45, 7) is -0.183. The van der Waals surface area contributed by atoms with Crippen LogP contribution in [0.25, 0.3) is 0 Å². The van der Waals surface area contributed by atoms with Crippen molar-refractivity contribution in [1.82, 2.24) is 0 Å². The second-order valence-corrected chi connectivity index (χ2v) is 3.09. The Morgan fingerprint density at radius 3 is 2.93 bits per heavy atom. The number of amides is 1. The SMILES string of the molecule is Nc1cc2c(c(C(=O)O)c1)OCC(=O)N2. The summed E-state index contributed by atoms with van der Waals surface area (Å²) in [5, 5.41) is 11.4. The summed E-state index contributed by atoms with van der Waals surface area (Å²) in [7, 11) is 0. The molecule has 0 saturated carbocycles. The molecular weight excluding hydrogens is 200 g/mol. The topological polar surface area (TPSA) is 102 Å². The fraction of sp³-hybridized carbons (Fsp3) is 0.111. The Hall–Kier alpha value is -2.24. The van der Waals surface area contributed by atoms with E-state index in [2.05, 4.69) is 5.32 Å². The first-order valence-electron chi connectivity index (χ1n) is 4.17. The van der Waals surface area contributed by atoms with Gasteiger partial charge in [-0.25, -0.2) is 4.79 Å². The number of nitrogens with one attached hydrogen (secondary N) is 1. The fourth-order valence-electron chi connectivity index (χ4n) is 1.38. The van der Waals surface area contributed by atoms with E-state index in [0.717, 1.165) is 0 Å². The van der Waals surface area contributed by atoms with Crippen LogP contribution in [0.1, 0.15) is 10.4 Å². The average Bonchev–Trinajstić information content (AvgIpc) is 2.15. The lowest BCUT2D eigenvalue weighted by Gasteiger charge is -2.19. The first-order valence-corrected chi connectivity index (χ1v) is 4.17. The molecule has 6 heteroatoms. The van der Waals surface area contributed by atoms with Crippen LogP contribution < -0.4 is 15.8 Å². The lowest BCUT2D eigenvalue weighted by molar-refractivity contribution is -0.118. The molecule has 1 amide bonds. The third kappa shape index (κ3) is 1.56. The van der Waals surface area contributed by atoms with Gasteiger partial charge in [0.2, 0.25) is 0 Å². The molecule has 0 spiro atoms. The predicted octanol–water partition coefficient (Wildman–Crippen LogP) is 0.298. The van der Waals surface area contributed by atoms with Gasteiger partial charge in [-0.1, -0.05) is 0 Å². The normalized spacial score (nSPS) is 13.7. The third-order valence-corrected chi connectivity index (χ3v) is 1.96. The molecule has 2 rings (SSSR count). The third-order valence-electron chi connectivity index (χ3n) is 1.96. The molecule has 0 fully saturated rings. The van der Waals surface area contributed by atoms with Crippen LogP contribution in [-0.4, -0.2) is 23.6 Å². The number of carboxylic acid groups (broad SMARTS) is 1. The van der Waals surface area contributed by atoms with E-state index >= 15 is 0 Å². The zero-order valence-corrected chi connectivity index (χ0v) is 7.61. The van der Waals surface area contributed by atoms with Crippen molar-refractivity contribution in [3.05, 3.63) is 17.7 Å². The first kappa shape index (κ1) is 9.32. The van der Waals surface area contributed by atoms with Gasteiger partial charge in [-0.15, -0.1) is 0 Å². The molecule has 1 heterocycles. The Bertz CT molecular complexity index is 456. The van der Waals surface area contributed by atoms with Crippen molar-refractivity contribution in [3.63, 3.8) is 0 Å². The Kier molecular flexibility index (Phi) is 1.96. The van der Waals surface area contributed by atoms with Crippen molar-refractivity contribution in [3.8, 4) is 5.75 Å². The average molecular weight is 208 g/mol. The molecule has 1 aromatic rings. The molecule has 1 aliphatic rings. The van der Waals surface area contributed by atoms with Gasteiger partial charge in [0.1, 0.15) is 5.56 Å². The second kappa shape index (κ2) is 3.16. The molecular formula is C9H8N2O4. The number of benzene rings is 1. The van der Waals surface area contributed by atoms with Gasteiger partial charge in [0.25, 0.3) is 5.91 Å². The van der Waals surface area contributed by atoms with Crippen molar-refractivity contribution in [1.29, 1.82) is 0 Å². The van der Waals surface area contributed by atoms with Crippen LogP contribution in [0.15, 0.2) is 12.1 Å². The van der Waals surface area contributed by atoms with Crippen LogP contribution in [0.2, 0.25) is 0 Å². The number of carbonyl (C=O) groups is 2. The molecule has 1 aromatic carbocycles. The van der Waals surface area contributed by atoms with E-state index < -0.39 is 5.97 Å². The van der Waals surface area contributed by atoms with Gasteiger partial charge < -0.3 is 20.9 Å². The molecule has 1 aliphatic heterocycles. The van der Waals surface area contributed by atoms with Gasteiger partial charge in [-0.3, -0.25) is 4.79 Å². The number of rotatable bonds is 1. The van der Waals surface area contributed by atoms with E-state index in [1.807, 2.05) is 0 Å². The van der Waals surface area contributed by atoms with Crippen molar-refractivity contribution in [2.24, 2.45) is 0 Å². The summed E-state index contributed by atoms with van der Waals surface area (Å²) in [5.74, 6) is -1.32. The van der Waals surface area contributed by atoms with E-state index in [9.17, 15) is 9.59 Å². The minimum Gasteiger partial charge on any atom is -0.481 e. The molecule has 15 heavy (non-hydrogen) atoms. The molecule has 0 unspecified atom stereocenters. The van der Waals surface area contributed by atoms with Crippen LogP contribution in [0.4, 0.5) is 11.4 Å². The molecule has 0 aromatic heterocycles. The maximum Gasteiger partial charge on any atom is 0.339 e. The molecule has 78 valence electrons. The number of hydrogen-bond donors (Lipinski definition) is 3. The predicted molar refractivity (Wildman–Crippen MR) is 51.9 cm³/mol. The number of nitrogen functional groups attached to an aromatic ring is 1. The van der Waals surface area contributed by atoms with E-state index in [1.165, 1.54) is 12.1 Å². The number of carbonyl (C=O) groups excluding carboxylic acids is 1. The second-order valence-electron chi connectivity index (χ2n) is 3.09. The summed E-state index contributed by atoms with van der Waals surface area (Å²) in [5.41, 5.74) is 6.00. The quantitative estimate of drug-likeness (QED) is 0.576. The van der Waals surface area contributed by atoms with Gasteiger partial charge in [0, 0.05) is 5.69 Å². The van der Waals surface area contributed by atoms with Gasteiger partial charge in [-0.05, 0) is 12.1 Å². The van der Waals surface area contributed by atoms with Crippen LogP contribution in [-0.2, 0) is 4.79 Å². The minimum atomic E-state index is -1.14. The lowest BCUT2D eigenvalue weighted by Crippen LogP contribution is -2.26. The molecule has 6 nitrogen and oxygen atoms in total. The highest BCUT2D eigenvalue weighted by Crippen LogP contribution is 2.33. The molecule has 0 saturated heterocycles. The number of carboxylic acids is 1. The zero-order valence-electron chi connectivity index (χ0n) is 7.61. The number of nitrogens with two attached hydrogens (primary N) is 1. The molecule has 0 aliphatic carbocycles. The number of ether oxygens (including phenoxy) is 1. The van der Waals surface area contributed by atoms with Gasteiger partial charge in [-0.2, -0.15) is 0 Å². The lowest BCUT2D eigenvalue weighted by atomic mass is 10.1. The van der Waals surface area contributed by atoms with Crippen molar-refractivity contribution in [2.75, 3.05) is 17.7 Å². The Balaban J connectivity index is 2.58. The molecule has 4 N–H and O–H groups in total. The van der Waals surface area contributed by atoms with Gasteiger partial charge in [0.05, 0.1) is 5.69 Å². The van der Waals surface area contributed by atoms with E-state index in [4.69, 9.17) is 15.6 Å². The summed E-state index contributed by atoms with van der Waals surface area (Å²) in [6.07, 6.45) is 0. The largest absolute Gasteiger partial charge is 0.481 e. The minimum absolute atomic E-state index is 0.0509. The van der Waals surface area contributed by atoms with Crippen molar-refractivity contribution >= 4 is 23.3 Å². The van der Waals surface area contributed by atoms with E-state index in [0.29, 0.717) is 5.69 Å². The molecule has 0 atom stereocenters. The highest BCUT2D eigenvalue weighted by Gasteiger charge is 2.23. The maximum atomic E-state index is 11.0. The fourth-order valence-corrected chi connectivity index (χ4v) is 1.38. The highest BCUT2D eigenvalue weighted by atomic mass is 16.5. The number of aromatic carboxylic acids is 1. The maximum absolute atomic E-state index is 11.0. The first-order chi connectivity index (χ1) is 7.08. The molecule has 0 bridgehead atoms. The van der Waals surface area contributed by atoms with Gasteiger partial charge in [0.15, 0.2) is 12.4 Å². The summed E-state index contributed by atoms with van der Waals surface area (Å²) >= 11 is 0. The molecule has 0 radical (unpaired) electrons. The van der Waals surface area contributed by atoms with Crippen LogP contribution in [0, 0.1) is 0 Å². The van der Waals surface area contributed by atoms with Crippen LogP contribution in [0.5, 0.6) is 5.75 Å². The smallest absolute Gasteiger partial charge is 0.339 e. The number of anilines is 2. The van der Waals surface area contributed by atoms with Gasteiger partial charge >= 0.3 is 5.97 Å². The summed E-state index contributed by atoms with van der Waals surface area (Å²) in [6, 6.07) is 2.75. The summed E-state index contributed by atoms with van der Waals surface area (Å²) < 4.78 is 5.03. The Morgan fingerprint density at radius 2 is 2.27 bits per heavy atom. The van der Waals surface area contributed by atoms with E-state index in [1.54, 1.807) is 0 Å². The summed E-state index contributed by atoms with van der Waals surface area (Å²) in [4.78, 5) is 21.9. The van der Waals surface area contributed by atoms with Crippen LogP contribution in [0.3, 0.4) is 0 Å². The zero-order chi connectivity index (χ0) is 11.0. The van der Waals surface area contributed by atoms with Crippen molar-refractivity contribution < 1.29 is 19.4 Å².